The molecule has 0 radical (unpaired) electrons. The summed E-state index contributed by atoms with van der Waals surface area (Å²) in [5.74, 6) is 1.83. The highest BCUT2D eigenvalue weighted by molar-refractivity contribution is 6.31. The molecule has 96 valence electrons. The highest BCUT2D eigenvalue weighted by Crippen LogP contribution is 2.29. The number of hydrogen-bond donors (Lipinski definition) is 1. The topological polar surface area (TPSA) is 25.2 Å². The van der Waals surface area contributed by atoms with Gasteiger partial charge in [0.15, 0.2) is 0 Å². The van der Waals surface area contributed by atoms with E-state index >= 15 is 0 Å². The monoisotopic (exact) mass is 263 g/mol. The van der Waals surface area contributed by atoms with E-state index < -0.39 is 0 Å². The van der Waals surface area contributed by atoms with Crippen LogP contribution in [0, 0.1) is 6.92 Å². The van der Waals surface area contributed by atoms with E-state index in [1.54, 1.807) is 0 Å². The lowest BCUT2D eigenvalue weighted by atomic mass is 10.1. The van der Waals surface area contributed by atoms with Crippen LogP contribution in [0.5, 0.6) is 0 Å². The van der Waals surface area contributed by atoms with Gasteiger partial charge in [0.05, 0.1) is 6.04 Å². The van der Waals surface area contributed by atoms with Crippen LogP contribution in [0.3, 0.4) is 0 Å². The first-order valence-electron chi connectivity index (χ1n) is 6.19. The summed E-state index contributed by atoms with van der Waals surface area (Å²) in [4.78, 5) is 0. The van der Waals surface area contributed by atoms with E-state index in [0.717, 1.165) is 34.1 Å². The molecule has 2 aromatic rings. The van der Waals surface area contributed by atoms with Crippen molar-refractivity contribution in [1.82, 2.24) is 5.32 Å². The molecular formula is C15H18ClNO. The second-order valence-electron chi connectivity index (χ2n) is 4.42. The van der Waals surface area contributed by atoms with Gasteiger partial charge < -0.3 is 9.73 Å². The summed E-state index contributed by atoms with van der Waals surface area (Å²) < 4.78 is 5.89. The zero-order valence-corrected chi connectivity index (χ0v) is 11.7. The number of benzene rings is 1. The third-order valence-corrected chi connectivity index (χ3v) is 3.59. The molecule has 1 unspecified atom stereocenters. The van der Waals surface area contributed by atoms with Crippen LogP contribution in [0.4, 0.5) is 0 Å². The highest BCUT2D eigenvalue weighted by atomic mass is 35.5. The maximum atomic E-state index is 6.13. The fourth-order valence-corrected chi connectivity index (χ4v) is 2.17. The van der Waals surface area contributed by atoms with Crippen LogP contribution in [0.1, 0.15) is 30.7 Å². The van der Waals surface area contributed by atoms with Gasteiger partial charge in [-0.15, -0.1) is 0 Å². The van der Waals surface area contributed by atoms with Gasteiger partial charge in [0.25, 0.3) is 0 Å². The molecule has 0 saturated heterocycles. The Morgan fingerprint density at radius 2 is 2.06 bits per heavy atom. The summed E-state index contributed by atoms with van der Waals surface area (Å²) in [6.07, 6.45) is 0.998. The first-order valence-corrected chi connectivity index (χ1v) is 6.57. The molecule has 0 aliphatic heterocycles. The van der Waals surface area contributed by atoms with Crippen molar-refractivity contribution in [1.29, 1.82) is 0 Å². The summed E-state index contributed by atoms with van der Waals surface area (Å²) in [6.45, 7) is 4.12. The molecule has 1 aromatic heterocycles. The average Bonchev–Trinajstić information content (AvgIpc) is 2.84. The second kappa shape index (κ2) is 5.59. The van der Waals surface area contributed by atoms with Gasteiger partial charge in [-0.2, -0.15) is 0 Å². The van der Waals surface area contributed by atoms with Crippen molar-refractivity contribution < 1.29 is 4.42 Å². The van der Waals surface area contributed by atoms with Crippen LogP contribution in [-0.2, 0) is 0 Å². The zero-order chi connectivity index (χ0) is 13.1. The minimum atomic E-state index is 0.264. The number of halogens is 1. The van der Waals surface area contributed by atoms with Crippen LogP contribution < -0.4 is 5.32 Å². The summed E-state index contributed by atoms with van der Waals surface area (Å²) in [7, 11) is 1.94. The van der Waals surface area contributed by atoms with Crippen molar-refractivity contribution in [2.24, 2.45) is 0 Å². The van der Waals surface area contributed by atoms with Crippen LogP contribution in [0.2, 0.25) is 5.02 Å². The lowest BCUT2D eigenvalue weighted by molar-refractivity contribution is 0.431. The van der Waals surface area contributed by atoms with E-state index in [1.165, 1.54) is 0 Å². The van der Waals surface area contributed by atoms with E-state index in [1.807, 2.05) is 44.3 Å². The minimum Gasteiger partial charge on any atom is -0.459 e. The smallest absolute Gasteiger partial charge is 0.134 e. The van der Waals surface area contributed by atoms with Crippen molar-refractivity contribution in [3.8, 4) is 11.3 Å². The molecule has 3 heteroatoms. The molecule has 1 aromatic carbocycles. The fraction of sp³-hybridized carbons (Fsp3) is 0.333. The molecule has 2 rings (SSSR count). The molecule has 0 aliphatic carbocycles. The third-order valence-electron chi connectivity index (χ3n) is 3.18. The molecule has 0 fully saturated rings. The van der Waals surface area contributed by atoms with E-state index in [-0.39, 0.29) is 6.04 Å². The summed E-state index contributed by atoms with van der Waals surface area (Å²) in [6, 6.07) is 10.3. The van der Waals surface area contributed by atoms with Gasteiger partial charge in [-0.1, -0.05) is 30.7 Å². The normalized spacial score (nSPS) is 12.7. The number of aryl methyl sites for hydroxylation is 1. The Kier molecular flexibility index (Phi) is 4.10. The van der Waals surface area contributed by atoms with Gasteiger partial charge >= 0.3 is 0 Å². The Labute approximate surface area is 113 Å². The highest BCUT2D eigenvalue weighted by Gasteiger charge is 2.12. The number of furan rings is 1. The second-order valence-corrected chi connectivity index (χ2v) is 4.82. The largest absolute Gasteiger partial charge is 0.459 e. The first-order chi connectivity index (χ1) is 8.65. The maximum Gasteiger partial charge on any atom is 0.134 e. The quantitative estimate of drug-likeness (QED) is 0.874. The molecule has 1 atom stereocenters. The van der Waals surface area contributed by atoms with Gasteiger partial charge in [-0.25, -0.2) is 0 Å². The Hall–Kier alpha value is -1.25. The van der Waals surface area contributed by atoms with Gasteiger partial charge in [0.1, 0.15) is 11.5 Å². The average molecular weight is 264 g/mol. The van der Waals surface area contributed by atoms with Gasteiger partial charge in [-0.05, 0) is 44.2 Å². The molecule has 1 heterocycles. The number of nitrogens with one attached hydrogen (secondary N) is 1. The van der Waals surface area contributed by atoms with Crippen LogP contribution in [0.15, 0.2) is 34.7 Å². The van der Waals surface area contributed by atoms with E-state index in [2.05, 4.69) is 12.2 Å². The number of hydrogen-bond acceptors (Lipinski definition) is 2. The number of rotatable bonds is 4. The zero-order valence-electron chi connectivity index (χ0n) is 11.0. The predicted molar refractivity (Wildman–Crippen MR) is 76.0 cm³/mol. The van der Waals surface area contributed by atoms with Crippen molar-refractivity contribution in [3.63, 3.8) is 0 Å². The van der Waals surface area contributed by atoms with Crippen molar-refractivity contribution in [3.05, 3.63) is 46.7 Å². The molecule has 18 heavy (non-hydrogen) atoms. The fourth-order valence-electron chi connectivity index (χ4n) is 1.99. The lowest BCUT2D eigenvalue weighted by Gasteiger charge is -2.10. The van der Waals surface area contributed by atoms with E-state index in [9.17, 15) is 0 Å². The van der Waals surface area contributed by atoms with Gasteiger partial charge in [0, 0.05) is 10.6 Å². The summed E-state index contributed by atoms with van der Waals surface area (Å²) in [5.41, 5.74) is 2.09. The van der Waals surface area contributed by atoms with E-state index in [4.69, 9.17) is 16.0 Å². The molecule has 0 saturated carbocycles. The molecule has 0 spiro atoms. The van der Waals surface area contributed by atoms with Crippen molar-refractivity contribution in [2.45, 2.75) is 26.3 Å². The summed E-state index contributed by atoms with van der Waals surface area (Å²) in [5, 5.41) is 4.00. The maximum absolute atomic E-state index is 6.13. The molecule has 0 bridgehead atoms. The van der Waals surface area contributed by atoms with Gasteiger partial charge in [-0.3, -0.25) is 0 Å². The lowest BCUT2D eigenvalue weighted by Crippen LogP contribution is -2.14. The van der Waals surface area contributed by atoms with Crippen LogP contribution >= 0.6 is 11.6 Å². The molecule has 0 aliphatic rings. The Balaban J connectivity index is 2.31. The Morgan fingerprint density at radius 3 is 2.67 bits per heavy atom. The van der Waals surface area contributed by atoms with E-state index in [0.29, 0.717) is 0 Å². The predicted octanol–water partition coefficient (Wildman–Crippen LogP) is 4.58. The molecule has 0 amide bonds. The SMILES string of the molecule is CCC(NC)c1ccc(-c2ccc(C)c(Cl)c2)o1. The van der Waals surface area contributed by atoms with Crippen molar-refractivity contribution in [2.75, 3.05) is 7.05 Å². The van der Waals surface area contributed by atoms with Crippen LogP contribution in [0.25, 0.3) is 11.3 Å². The third kappa shape index (κ3) is 2.60. The van der Waals surface area contributed by atoms with Gasteiger partial charge in [0.2, 0.25) is 0 Å². The first kappa shape index (κ1) is 13.2. The summed E-state index contributed by atoms with van der Waals surface area (Å²) >= 11 is 6.13. The minimum absolute atomic E-state index is 0.264. The standard InChI is InChI=1S/C15H18ClNO/c1-4-13(17-3)15-8-7-14(18-15)11-6-5-10(2)12(16)9-11/h5-9,13,17H,4H2,1-3H3. The van der Waals surface area contributed by atoms with Crippen LogP contribution in [-0.4, -0.2) is 7.05 Å². The Morgan fingerprint density at radius 1 is 1.28 bits per heavy atom. The molecule has 2 nitrogen and oxygen atoms in total. The Bertz CT molecular complexity index is 529. The molecular weight excluding hydrogens is 246 g/mol. The molecule has 1 N–H and O–H groups in total. The van der Waals surface area contributed by atoms with Crippen molar-refractivity contribution >= 4 is 11.6 Å².